The van der Waals surface area contributed by atoms with Crippen LogP contribution in [-0.2, 0) is 19.7 Å². The Balaban J connectivity index is 1.70. The van der Waals surface area contributed by atoms with E-state index in [9.17, 15) is 0 Å². The van der Waals surface area contributed by atoms with Crippen LogP contribution in [0.4, 0.5) is 0 Å². The molecule has 1 N–H and O–H groups in total. The van der Waals surface area contributed by atoms with Gasteiger partial charge >= 0.3 is 0 Å². The predicted octanol–water partition coefficient (Wildman–Crippen LogP) is 6.68. The average molecular weight is 475 g/mol. The molecule has 0 aliphatic carbocycles. The second-order valence-corrected chi connectivity index (χ2v) is 8.01. The van der Waals surface area contributed by atoms with Crippen molar-refractivity contribution < 1.29 is 9.47 Å². The second kappa shape index (κ2) is 10.7. The fourth-order valence-corrected chi connectivity index (χ4v) is 3.84. The molecule has 3 nitrogen and oxygen atoms in total. The minimum Gasteiger partial charge on any atom is -0.490 e. The Morgan fingerprint density at radius 1 is 0.931 bits per heavy atom. The Bertz CT molecular complexity index is 961. The fraction of sp³-hybridized carbons (Fsp3) is 0.250. The maximum absolute atomic E-state index is 6.23. The van der Waals surface area contributed by atoms with Crippen molar-refractivity contribution in [3.8, 4) is 11.5 Å². The van der Waals surface area contributed by atoms with Crippen LogP contribution >= 0.6 is 27.5 Å². The third-order valence-electron chi connectivity index (χ3n) is 4.60. The highest BCUT2D eigenvalue weighted by Crippen LogP contribution is 2.37. The standard InChI is InChI=1S/C24H25BrClNO2/c1-3-28-23-13-18(14-27-15-19-9-6-7-11-22(19)26)12-21(25)24(23)29-16-20-10-5-4-8-17(20)2/h4-13,27H,3,14-16H2,1-2H3. The van der Waals surface area contributed by atoms with Gasteiger partial charge in [-0.05, 0) is 70.2 Å². The number of benzene rings is 3. The molecule has 0 bridgehead atoms. The van der Waals surface area contributed by atoms with Crippen LogP contribution in [0.5, 0.6) is 11.5 Å². The van der Waals surface area contributed by atoms with Crippen molar-refractivity contribution in [2.24, 2.45) is 0 Å². The number of hydrogen-bond acceptors (Lipinski definition) is 3. The zero-order chi connectivity index (χ0) is 20.6. The van der Waals surface area contributed by atoms with Crippen LogP contribution in [-0.4, -0.2) is 6.61 Å². The van der Waals surface area contributed by atoms with E-state index in [4.69, 9.17) is 21.1 Å². The molecule has 3 rings (SSSR count). The Morgan fingerprint density at radius 2 is 1.66 bits per heavy atom. The van der Waals surface area contributed by atoms with Gasteiger partial charge in [-0.3, -0.25) is 0 Å². The minimum atomic E-state index is 0.495. The van der Waals surface area contributed by atoms with Gasteiger partial charge in [0.15, 0.2) is 11.5 Å². The number of nitrogens with one attached hydrogen (secondary N) is 1. The van der Waals surface area contributed by atoms with Crippen molar-refractivity contribution in [1.29, 1.82) is 0 Å². The van der Waals surface area contributed by atoms with Gasteiger partial charge in [-0.15, -0.1) is 0 Å². The maximum Gasteiger partial charge on any atom is 0.175 e. The molecule has 3 aromatic rings. The first-order chi connectivity index (χ1) is 14.1. The van der Waals surface area contributed by atoms with Crippen LogP contribution in [0.25, 0.3) is 0 Å². The van der Waals surface area contributed by atoms with E-state index in [1.165, 1.54) is 5.56 Å². The summed E-state index contributed by atoms with van der Waals surface area (Å²) in [6.45, 7) is 6.53. The number of rotatable bonds is 9. The normalized spacial score (nSPS) is 10.8. The number of ether oxygens (including phenoxy) is 2. The summed E-state index contributed by atoms with van der Waals surface area (Å²) < 4.78 is 12.9. The highest BCUT2D eigenvalue weighted by Gasteiger charge is 2.13. The molecule has 0 heterocycles. The molecule has 0 spiro atoms. The van der Waals surface area contributed by atoms with E-state index in [-0.39, 0.29) is 0 Å². The van der Waals surface area contributed by atoms with Gasteiger partial charge in [0.1, 0.15) is 6.61 Å². The summed E-state index contributed by atoms with van der Waals surface area (Å²) in [5.74, 6) is 1.47. The average Bonchev–Trinajstić information content (AvgIpc) is 2.70. The van der Waals surface area contributed by atoms with Crippen LogP contribution in [0.15, 0.2) is 65.1 Å². The summed E-state index contributed by atoms with van der Waals surface area (Å²) in [5, 5.41) is 4.21. The van der Waals surface area contributed by atoms with Gasteiger partial charge in [-0.1, -0.05) is 54.1 Å². The molecule has 3 aromatic carbocycles. The predicted molar refractivity (Wildman–Crippen MR) is 123 cm³/mol. The lowest BCUT2D eigenvalue weighted by atomic mass is 10.1. The third kappa shape index (κ3) is 5.99. The molecule has 0 atom stereocenters. The van der Waals surface area contributed by atoms with E-state index in [2.05, 4.69) is 46.4 Å². The van der Waals surface area contributed by atoms with Gasteiger partial charge in [-0.25, -0.2) is 0 Å². The molecule has 152 valence electrons. The number of aryl methyl sites for hydroxylation is 1. The Morgan fingerprint density at radius 3 is 2.38 bits per heavy atom. The molecule has 0 saturated carbocycles. The van der Waals surface area contributed by atoms with Crippen LogP contribution < -0.4 is 14.8 Å². The topological polar surface area (TPSA) is 30.5 Å². The van der Waals surface area contributed by atoms with E-state index in [1.807, 2.05) is 49.4 Å². The van der Waals surface area contributed by atoms with Crippen molar-refractivity contribution >= 4 is 27.5 Å². The van der Waals surface area contributed by atoms with Crippen molar-refractivity contribution in [3.05, 3.63) is 92.4 Å². The fourth-order valence-electron chi connectivity index (χ4n) is 3.03. The molecule has 0 aromatic heterocycles. The van der Waals surface area contributed by atoms with Crippen molar-refractivity contribution in [3.63, 3.8) is 0 Å². The largest absolute Gasteiger partial charge is 0.490 e. The monoisotopic (exact) mass is 473 g/mol. The first-order valence-corrected chi connectivity index (χ1v) is 10.8. The molecule has 0 aliphatic heterocycles. The highest BCUT2D eigenvalue weighted by atomic mass is 79.9. The van der Waals surface area contributed by atoms with Crippen LogP contribution in [0, 0.1) is 6.92 Å². The summed E-state index contributed by atoms with van der Waals surface area (Å²) in [5.41, 5.74) is 4.56. The molecular weight excluding hydrogens is 450 g/mol. The van der Waals surface area contributed by atoms with E-state index in [1.54, 1.807) is 0 Å². The molecule has 0 amide bonds. The van der Waals surface area contributed by atoms with Gasteiger partial charge in [0.25, 0.3) is 0 Å². The summed E-state index contributed by atoms with van der Waals surface area (Å²) >= 11 is 9.89. The van der Waals surface area contributed by atoms with Crippen LogP contribution in [0.1, 0.15) is 29.2 Å². The lowest BCUT2D eigenvalue weighted by molar-refractivity contribution is 0.267. The molecule has 5 heteroatoms. The highest BCUT2D eigenvalue weighted by molar-refractivity contribution is 9.10. The van der Waals surface area contributed by atoms with Crippen molar-refractivity contribution in [2.75, 3.05) is 6.61 Å². The Kier molecular flexibility index (Phi) is 7.99. The molecule has 0 saturated heterocycles. The summed E-state index contributed by atoms with van der Waals surface area (Å²) in [6, 6.07) is 20.2. The van der Waals surface area contributed by atoms with Gasteiger partial charge in [0, 0.05) is 18.1 Å². The zero-order valence-corrected chi connectivity index (χ0v) is 19.0. The zero-order valence-electron chi connectivity index (χ0n) is 16.7. The Labute approximate surface area is 186 Å². The molecule has 0 fully saturated rings. The quantitative estimate of drug-likeness (QED) is 0.375. The van der Waals surface area contributed by atoms with Gasteiger partial charge in [0.05, 0.1) is 11.1 Å². The Hall–Kier alpha value is -2.01. The van der Waals surface area contributed by atoms with Crippen LogP contribution in [0.2, 0.25) is 5.02 Å². The van der Waals surface area contributed by atoms with Gasteiger partial charge < -0.3 is 14.8 Å². The number of hydrogen-bond donors (Lipinski definition) is 1. The minimum absolute atomic E-state index is 0.495. The smallest absolute Gasteiger partial charge is 0.175 e. The summed E-state index contributed by atoms with van der Waals surface area (Å²) in [7, 11) is 0. The van der Waals surface area contributed by atoms with E-state index in [0.29, 0.717) is 26.3 Å². The van der Waals surface area contributed by atoms with Crippen molar-refractivity contribution in [2.45, 2.75) is 33.5 Å². The third-order valence-corrected chi connectivity index (χ3v) is 5.56. The second-order valence-electron chi connectivity index (χ2n) is 6.75. The van der Waals surface area contributed by atoms with E-state index < -0.39 is 0 Å². The van der Waals surface area contributed by atoms with Gasteiger partial charge in [0.2, 0.25) is 0 Å². The molecule has 0 aliphatic rings. The summed E-state index contributed by atoms with van der Waals surface area (Å²) in [6.07, 6.45) is 0. The van der Waals surface area contributed by atoms with E-state index in [0.717, 1.165) is 37.7 Å². The van der Waals surface area contributed by atoms with Gasteiger partial charge in [-0.2, -0.15) is 0 Å². The molecule has 0 radical (unpaired) electrons. The molecule has 0 unspecified atom stereocenters. The number of halogens is 2. The SMILES string of the molecule is CCOc1cc(CNCc2ccccc2Cl)cc(Br)c1OCc1ccccc1C. The molecular formula is C24H25BrClNO2. The van der Waals surface area contributed by atoms with Crippen LogP contribution in [0.3, 0.4) is 0 Å². The first-order valence-electron chi connectivity index (χ1n) is 9.65. The summed E-state index contributed by atoms with van der Waals surface area (Å²) in [4.78, 5) is 0. The lowest BCUT2D eigenvalue weighted by Crippen LogP contribution is -2.13. The molecule has 29 heavy (non-hydrogen) atoms. The lowest BCUT2D eigenvalue weighted by Gasteiger charge is -2.16. The maximum atomic E-state index is 6.23. The van der Waals surface area contributed by atoms with E-state index >= 15 is 0 Å². The van der Waals surface area contributed by atoms with Crippen molar-refractivity contribution in [1.82, 2.24) is 5.32 Å². The first kappa shape index (κ1) is 21.7.